The predicted octanol–water partition coefficient (Wildman–Crippen LogP) is 3.93. The van der Waals surface area contributed by atoms with Crippen LogP contribution in [0.15, 0.2) is 36.7 Å². The molecule has 0 aliphatic carbocycles. The molecule has 0 bridgehead atoms. The molecule has 3 N–H and O–H groups in total. The van der Waals surface area contributed by atoms with E-state index >= 15 is 0 Å². The average molecular weight is 444 g/mol. The first-order valence-corrected chi connectivity index (χ1v) is 10.3. The largest absolute Gasteiger partial charge is 0.496 e. The van der Waals surface area contributed by atoms with Gasteiger partial charge >= 0.3 is 0 Å². The van der Waals surface area contributed by atoms with Crippen LogP contribution in [0.3, 0.4) is 0 Å². The highest BCUT2D eigenvalue weighted by Crippen LogP contribution is 2.31. The van der Waals surface area contributed by atoms with Gasteiger partial charge in [0.05, 0.1) is 28.9 Å². The lowest BCUT2D eigenvalue weighted by Gasteiger charge is -2.23. The molecular formula is C22H23ClFN5O2. The molecule has 162 valence electrons. The van der Waals surface area contributed by atoms with Gasteiger partial charge in [-0.25, -0.2) is 14.4 Å². The van der Waals surface area contributed by atoms with Crippen LogP contribution in [0.25, 0.3) is 10.9 Å². The Hall–Kier alpha value is -2.97. The van der Waals surface area contributed by atoms with Gasteiger partial charge in [-0.3, -0.25) is 4.79 Å². The van der Waals surface area contributed by atoms with Crippen molar-refractivity contribution in [3.8, 4) is 5.75 Å². The molecule has 1 amide bonds. The Morgan fingerprint density at radius 1 is 1.35 bits per heavy atom. The van der Waals surface area contributed by atoms with Crippen molar-refractivity contribution < 1.29 is 13.9 Å². The molecule has 0 spiro atoms. The van der Waals surface area contributed by atoms with Crippen LogP contribution in [0.1, 0.15) is 25.3 Å². The number of methoxy groups -OCH3 is 1. The smallest absolute Gasteiger partial charge is 0.240 e. The van der Waals surface area contributed by atoms with E-state index in [-0.39, 0.29) is 23.2 Å². The van der Waals surface area contributed by atoms with Crippen LogP contribution in [-0.2, 0) is 11.3 Å². The van der Waals surface area contributed by atoms with Crippen LogP contribution >= 0.6 is 11.6 Å². The Kier molecular flexibility index (Phi) is 5.93. The molecule has 1 atom stereocenters. The third-order valence-electron chi connectivity index (χ3n) is 5.55. The van der Waals surface area contributed by atoms with Crippen molar-refractivity contribution in [2.24, 2.45) is 0 Å². The number of fused-ring (bicyclic) bond motifs is 1. The summed E-state index contributed by atoms with van der Waals surface area (Å²) < 4.78 is 19.9. The van der Waals surface area contributed by atoms with E-state index in [1.807, 2.05) is 13.0 Å². The maximum absolute atomic E-state index is 14.4. The number of rotatable bonds is 6. The zero-order valence-electron chi connectivity index (χ0n) is 17.3. The lowest BCUT2D eigenvalue weighted by molar-refractivity contribution is -0.126. The first kappa shape index (κ1) is 21.3. The van der Waals surface area contributed by atoms with Crippen molar-refractivity contribution in [3.05, 3.63) is 53.1 Å². The van der Waals surface area contributed by atoms with Crippen LogP contribution < -0.4 is 20.7 Å². The molecule has 1 aliphatic heterocycles. The number of carbonyl (C=O) groups excluding carboxylic acids is 1. The third kappa shape index (κ3) is 4.26. The van der Waals surface area contributed by atoms with Gasteiger partial charge < -0.3 is 20.7 Å². The van der Waals surface area contributed by atoms with E-state index in [0.717, 1.165) is 24.9 Å². The first-order chi connectivity index (χ1) is 14.9. The highest BCUT2D eigenvalue weighted by atomic mass is 35.5. The van der Waals surface area contributed by atoms with Crippen molar-refractivity contribution >= 4 is 39.9 Å². The maximum Gasteiger partial charge on any atom is 0.240 e. The highest BCUT2D eigenvalue weighted by molar-refractivity contribution is 6.31. The predicted molar refractivity (Wildman–Crippen MR) is 118 cm³/mol. The first-order valence-electron chi connectivity index (χ1n) is 9.97. The Morgan fingerprint density at radius 2 is 2.19 bits per heavy atom. The number of nitrogens with zero attached hydrogens (tertiary/aromatic N) is 2. The third-order valence-corrected chi connectivity index (χ3v) is 5.84. The number of nitrogens with one attached hydrogen (secondary N) is 3. The summed E-state index contributed by atoms with van der Waals surface area (Å²) in [4.78, 5) is 21.2. The fourth-order valence-electron chi connectivity index (χ4n) is 3.74. The Balaban J connectivity index is 1.65. The molecule has 0 saturated carbocycles. The molecule has 1 aliphatic rings. The molecule has 4 rings (SSSR count). The van der Waals surface area contributed by atoms with Gasteiger partial charge in [-0.2, -0.15) is 0 Å². The van der Waals surface area contributed by atoms with Gasteiger partial charge in [-0.15, -0.1) is 0 Å². The molecule has 2 aromatic carbocycles. The van der Waals surface area contributed by atoms with Crippen molar-refractivity contribution in [1.29, 1.82) is 0 Å². The van der Waals surface area contributed by atoms with Gasteiger partial charge in [0.15, 0.2) is 5.82 Å². The number of amides is 1. The number of benzene rings is 2. The summed E-state index contributed by atoms with van der Waals surface area (Å²) in [6.45, 7) is 3.01. The quantitative estimate of drug-likeness (QED) is 0.535. The zero-order valence-corrected chi connectivity index (χ0v) is 18.0. The van der Waals surface area contributed by atoms with Gasteiger partial charge in [0.25, 0.3) is 0 Å². The summed E-state index contributed by atoms with van der Waals surface area (Å²) in [6.07, 6.45) is 3.15. The fourth-order valence-corrected chi connectivity index (χ4v) is 3.92. The number of ether oxygens (including phenoxy) is 1. The van der Waals surface area contributed by atoms with Crippen LogP contribution in [0.2, 0.25) is 5.02 Å². The van der Waals surface area contributed by atoms with Gasteiger partial charge in [-0.1, -0.05) is 17.7 Å². The van der Waals surface area contributed by atoms with Gasteiger partial charge in [0.2, 0.25) is 5.91 Å². The lowest BCUT2D eigenvalue weighted by atomic mass is 9.99. The second-order valence-electron chi connectivity index (χ2n) is 7.67. The minimum absolute atomic E-state index is 0.0162. The number of hydrogen-bond acceptors (Lipinski definition) is 6. The van der Waals surface area contributed by atoms with Crippen molar-refractivity contribution in [2.75, 3.05) is 19.0 Å². The average Bonchev–Trinajstić information content (AvgIpc) is 3.22. The number of anilines is 2. The molecular weight excluding hydrogens is 421 g/mol. The minimum atomic E-state index is -0.565. The van der Waals surface area contributed by atoms with E-state index in [0.29, 0.717) is 22.5 Å². The van der Waals surface area contributed by atoms with E-state index < -0.39 is 11.4 Å². The monoisotopic (exact) mass is 443 g/mol. The lowest BCUT2D eigenvalue weighted by Crippen LogP contribution is -2.50. The molecule has 1 aromatic heterocycles. The molecule has 1 saturated heterocycles. The number of carbonyl (C=O) groups is 1. The standard InChI is InChI=1S/C22H23ClFN5O2/c1-22(7-4-8-28-22)21(30)25-11-13-9-14-17(10-18(13)31-2)26-12-27-20(14)29-16-6-3-5-15(23)19(16)24/h3,5-6,9-10,12,28H,4,7-8,11H2,1-2H3,(H,25,30)(H,26,27,29)/t22-/m0/s1. The normalized spacial score (nSPS) is 18.2. The summed E-state index contributed by atoms with van der Waals surface area (Å²) in [5, 5.41) is 9.91. The fraction of sp³-hybridized carbons (Fsp3) is 0.318. The van der Waals surface area contributed by atoms with E-state index in [4.69, 9.17) is 16.3 Å². The van der Waals surface area contributed by atoms with Crippen LogP contribution in [0, 0.1) is 5.82 Å². The van der Waals surface area contributed by atoms with E-state index in [1.54, 1.807) is 25.3 Å². The molecule has 0 unspecified atom stereocenters. The zero-order chi connectivity index (χ0) is 22.0. The SMILES string of the molecule is COc1cc2ncnc(Nc3cccc(Cl)c3F)c2cc1CNC(=O)[C@]1(C)CCCN1. The summed E-state index contributed by atoms with van der Waals surface area (Å²) in [7, 11) is 1.56. The van der Waals surface area contributed by atoms with E-state index in [9.17, 15) is 9.18 Å². The summed E-state index contributed by atoms with van der Waals surface area (Å²) >= 11 is 5.89. The molecule has 7 nitrogen and oxygen atoms in total. The number of halogens is 2. The Labute approximate surface area is 184 Å². The second kappa shape index (κ2) is 8.64. The van der Waals surface area contributed by atoms with E-state index in [1.165, 1.54) is 12.4 Å². The number of aromatic nitrogens is 2. The molecule has 9 heteroatoms. The maximum atomic E-state index is 14.4. The van der Waals surface area contributed by atoms with E-state index in [2.05, 4.69) is 25.9 Å². The van der Waals surface area contributed by atoms with Gasteiger partial charge in [0.1, 0.15) is 17.9 Å². The minimum Gasteiger partial charge on any atom is -0.496 e. The topological polar surface area (TPSA) is 88.2 Å². The molecule has 1 fully saturated rings. The van der Waals surface area contributed by atoms with Crippen LogP contribution in [0.5, 0.6) is 5.75 Å². The Bertz CT molecular complexity index is 1130. The van der Waals surface area contributed by atoms with Crippen molar-refractivity contribution in [2.45, 2.75) is 31.8 Å². The van der Waals surface area contributed by atoms with Gasteiger partial charge in [-0.05, 0) is 44.5 Å². The second-order valence-corrected chi connectivity index (χ2v) is 8.08. The molecule has 31 heavy (non-hydrogen) atoms. The summed E-state index contributed by atoms with van der Waals surface area (Å²) in [5.41, 5.74) is 1.02. The summed E-state index contributed by atoms with van der Waals surface area (Å²) in [5.74, 6) is 0.395. The highest BCUT2D eigenvalue weighted by Gasteiger charge is 2.35. The van der Waals surface area contributed by atoms with Crippen LogP contribution in [-0.4, -0.2) is 35.1 Å². The molecule has 3 aromatic rings. The van der Waals surface area contributed by atoms with Crippen molar-refractivity contribution in [1.82, 2.24) is 20.6 Å². The summed E-state index contributed by atoms with van der Waals surface area (Å²) in [6, 6.07) is 8.32. The number of hydrogen-bond donors (Lipinski definition) is 3. The van der Waals surface area contributed by atoms with Gasteiger partial charge in [0, 0.05) is 23.6 Å². The molecule has 2 heterocycles. The molecule has 0 radical (unpaired) electrons. The van der Waals surface area contributed by atoms with Crippen LogP contribution in [0.4, 0.5) is 15.9 Å². The Morgan fingerprint density at radius 3 is 2.94 bits per heavy atom. The van der Waals surface area contributed by atoms with Crippen molar-refractivity contribution in [3.63, 3.8) is 0 Å².